The third-order valence-electron chi connectivity index (χ3n) is 3.73. The fourth-order valence-corrected chi connectivity index (χ4v) is 2.89. The monoisotopic (exact) mass is 422 g/mol. The van der Waals surface area contributed by atoms with Crippen molar-refractivity contribution in [2.24, 2.45) is 5.92 Å². The second-order valence-corrected chi connectivity index (χ2v) is 7.31. The smallest absolute Gasteiger partial charge is 0.253 e. The molecule has 2 amide bonds. The Kier molecular flexibility index (Phi) is 7.02. The normalized spacial score (nSPS) is 11.9. The van der Waals surface area contributed by atoms with Gasteiger partial charge >= 0.3 is 0 Å². The molecule has 132 valence electrons. The first-order valence-electron chi connectivity index (χ1n) is 7.96. The van der Waals surface area contributed by atoms with Gasteiger partial charge in [0.05, 0.1) is 5.56 Å². The van der Waals surface area contributed by atoms with Gasteiger partial charge < -0.3 is 10.6 Å². The lowest BCUT2D eigenvalue weighted by Crippen LogP contribution is -2.49. The fraction of sp³-hybridized carbons (Fsp3) is 0.263. The Bertz CT molecular complexity index is 747. The minimum Gasteiger partial charge on any atom is -0.350 e. The molecule has 2 aromatic rings. The predicted molar refractivity (Wildman–Crippen MR) is 104 cm³/mol. The van der Waals surface area contributed by atoms with Gasteiger partial charge in [-0.1, -0.05) is 49.7 Å². The molecule has 0 unspecified atom stereocenters. The number of halogens is 2. The van der Waals surface area contributed by atoms with Crippen molar-refractivity contribution in [3.63, 3.8) is 0 Å². The Morgan fingerprint density at radius 1 is 1.08 bits per heavy atom. The Balaban J connectivity index is 2.01. The zero-order valence-corrected chi connectivity index (χ0v) is 16.4. The molecule has 0 saturated carbocycles. The van der Waals surface area contributed by atoms with Crippen molar-refractivity contribution in [1.82, 2.24) is 10.6 Å². The molecule has 0 radical (unpaired) electrons. The molecule has 2 N–H and O–H groups in total. The molecule has 2 rings (SSSR count). The number of carbonyl (C=O) groups is 2. The highest BCUT2D eigenvalue weighted by molar-refractivity contribution is 9.10. The number of rotatable bonds is 6. The number of amides is 2. The van der Waals surface area contributed by atoms with E-state index >= 15 is 0 Å². The molecule has 0 saturated heterocycles. The number of hydrogen-bond acceptors (Lipinski definition) is 2. The van der Waals surface area contributed by atoms with Crippen LogP contribution in [0.5, 0.6) is 0 Å². The van der Waals surface area contributed by atoms with Crippen molar-refractivity contribution in [3.8, 4) is 0 Å². The third-order valence-corrected chi connectivity index (χ3v) is 4.68. The Morgan fingerprint density at radius 2 is 1.72 bits per heavy atom. The van der Waals surface area contributed by atoms with Crippen LogP contribution in [0.25, 0.3) is 0 Å². The quantitative estimate of drug-likeness (QED) is 0.732. The van der Waals surface area contributed by atoms with E-state index in [2.05, 4.69) is 26.6 Å². The molecule has 0 aliphatic carbocycles. The van der Waals surface area contributed by atoms with E-state index in [1.54, 1.807) is 30.3 Å². The van der Waals surface area contributed by atoms with Crippen molar-refractivity contribution >= 4 is 39.3 Å². The zero-order valence-electron chi connectivity index (χ0n) is 14.1. The second kappa shape index (κ2) is 9.02. The summed E-state index contributed by atoms with van der Waals surface area (Å²) in [5, 5.41) is 6.33. The molecular weight excluding hydrogens is 404 g/mol. The van der Waals surface area contributed by atoms with Crippen LogP contribution in [0.3, 0.4) is 0 Å². The fourth-order valence-electron chi connectivity index (χ4n) is 2.30. The van der Waals surface area contributed by atoms with Crippen molar-refractivity contribution in [2.45, 2.75) is 26.4 Å². The molecule has 2 aromatic carbocycles. The summed E-state index contributed by atoms with van der Waals surface area (Å²) in [6.45, 7) is 4.17. The van der Waals surface area contributed by atoms with Gasteiger partial charge in [-0.3, -0.25) is 9.59 Å². The second-order valence-electron chi connectivity index (χ2n) is 6.02. The SMILES string of the molecule is CC(C)[C@@H](NC(=O)c1ccccc1Br)C(=O)NCc1ccc(Cl)cc1. The van der Waals surface area contributed by atoms with Crippen LogP contribution in [0, 0.1) is 5.92 Å². The summed E-state index contributed by atoms with van der Waals surface area (Å²) in [6, 6.07) is 13.8. The molecule has 0 heterocycles. The van der Waals surface area contributed by atoms with Gasteiger partial charge in [0.2, 0.25) is 5.91 Å². The van der Waals surface area contributed by atoms with E-state index < -0.39 is 6.04 Å². The average molecular weight is 424 g/mol. The maximum Gasteiger partial charge on any atom is 0.253 e. The first-order valence-corrected chi connectivity index (χ1v) is 9.13. The van der Waals surface area contributed by atoms with E-state index in [0.29, 0.717) is 21.6 Å². The predicted octanol–water partition coefficient (Wildman–Crippen LogP) is 4.17. The van der Waals surface area contributed by atoms with Gasteiger partial charge in [-0.2, -0.15) is 0 Å². The summed E-state index contributed by atoms with van der Waals surface area (Å²) in [7, 11) is 0. The molecule has 0 aliphatic heterocycles. The Hall–Kier alpha value is -1.85. The van der Waals surface area contributed by atoms with Gasteiger partial charge in [0, 0.05) is 16.0 Å². The van der Waals surface area contributed by atoms with Crippen molar-refractivity contribution in [2.75, 3.05) is 0 Å². The van der Waals surface area contributed by atoms with E-state index in [1.807, 2.05) is 32.0 Å². The minimum absolute atomic E-state index is 0.0448. The molecule has 6 heteroatoms. The van der Waals surface area contributed by atoms with E-state index in [0.717, 1.165) is 5.56 Å². The molecule has 0 aliphatic rings. The third kappa shape index (κ3) is 5.58. The van der Waals surface area contributed by atoms with Gasteiger partial charge in [0.15, 0.2) is 0 Å². The van der Waals surface area contributed by atoms with Crippen LogP contribution in [0.1, 0.15) is 29.8 Å². The highest BCUT2D eigenvalue weighted by atomic mass is 79.9. The number of hydrogen-bond donors (Lipinski definition) is 2. The summed E-state index contributed by atoms with van der Waals surface area (Å²) < 4.78 is 0.691. The molecule has 0 spiro atoms. The average Bonchev–Trinajstić information content (AvgIpc) is 2.58. The maximum absolute atomic E-state index is 12.5. The van der Waals surface area contributed by atoms with Gasteiger partial charge in [-0.15, -0.1) is 0 Å². The molecule has 1 atom stereocenters. The van der Waals surface area contributed by atoms with Crippen LogP contribution >= 0.6 is 27.5 Å². The molecule has 0 aromatic heterocycles. The topological polar surface area (TPSA) is 58.2 Å². The van der Waals surface area contributed by atoms with Crippen molar-refractivity contribution in [3.05, 3.63) is 69.2 Å². The maximum atomic E-state index is 12.5. The summed E-state index contributed by atoms with van der Waals surface area (Å²) in [6.07, 6.45) is 0. The van der Waals surface area contributed by atoms with Crippen LogP contribution in [0.2, 0.25) is 5.02 Å². The lowest BCUT2D eigenvalue weighted by Gasteiger charge is -2.22. The minimum atomic E-state index is -0.619. The van der Waals surface area contributed by atoms with Crippen LogP contribution < -0.4 is 10.6 Å². The Labute approximate surface area is 161 Å². The molecule has 0 fully saturated rings. The van der Waals surface area contributed by atoms with E-state index in [4.69, 9.17) is 11.6 Å². The van der Waals surface area contributed by atoms with Crippen molar-refractivity contribution in [1.29, 1.82) is 0 Å². The highest BCUT2D eigenvalue weighted by Gasteiger charge is 2.25. The lowest BCUT2D eigenvalue weighted by molar-refractivity contribution is -0.124. The summed E-state index contributed by atoms with van der Waals surface area (Å²) in [4.78, 5) is 25.0. The van der Waals surface area contributed by atoms with Gasteiger partial charge in [0.25, 0.3) is 5.91 Å². The number of carbonyl (C=O) groups excluding carboxylic acids is 2. The molecule has 4 nitrogen and oxygen atoms in total. The van der Waals surface area contributed by atoms with E-state index in [9.17, 15) is 9.59 Å². The summed E-state index contributed by atoms with van der Waals surface area (Å²) in [5.41, 5.74) is 1.44. The van der Waals surface area contributed by atoms with Gasteiger partial charge in [-0.25, -0.2) is 0 Å². The lowest BCUT2D eigenvalue weighted by atomic mass is 10.0. The van der Waals surface area contributed by atoms with Crippen LogP contribution in [0.4, 0.5) is 0 Å². The summed E-state index contributed by atoms with van der Waals surface area (Å²) in [5.74, 6) is -0.546. The van der Waals surface area contributed by atoms with Gasteiger partial charge in [0.1, 0.15) is 6.04 Å². The largest absolute Gasteiger partial charge is 0.350 e. The first-order chi connectivity index (χ1) is 11.9. The highest BCUT2D eigenvalue weighted by Crippen LogP contribution is 2.16. The van der Waals surface area contributed by atoms with Crippen LogP contribution in [0.15, 0.2) is 53.0 Å². The molecular formula is C19H20BrClN2O2. The summed E-state index contributed by atoms with van der Waals surface area (Å²) >= 11 is 9.21. The van der Waals surface area contributed by atoms with Gasteiger partial charge in [-0.05, 0) is 51.7 Å². The molecule has 0 bridgehead atoms. The van der Waals surface area contributed by atoms with E-state index in [1.165, 1.54) is 0 Å². The number of benzene rings is 2. The molecule has 25 heavy (non-hydrogen) atoms. The van der Waals surface area contributed by atoms with Crippen LogP contribution in [-0.4, -0.2) is 17.9 Å². The van der Waals surface area contributed by atoms with Crippen molar-refractivity contribution < 1.29 is 9.59 Å². The first kappa shape index (κ1) is 19.5. The van der Waals surface area contributed by atoms with Crippen LogP contribution in [-0.2, 0) is 11.3 Å². The zero-order chi connectivity index (χ0) is 18.4. The number of nitrogens with one attached hydrogen (secondary N) is 2. The standard InChI is InChI=1S/C19H20BrClN2O2/c1-12(2)17(23-18(24)15-5-3-4-6-16(15)20)19(25)22-11-13-7-9-14(21)10-8-13/h3-10,12,17H,11H2,1-2H3,(H,22,25)(H,23,24)/t17-/m1/s1. The van der Waals surface area contributed by atoms with E-state index in [-0.39, 0.29) is 17.7 Å². The Morgan fingerprint density at radius 3 is 2.32 bits per heavy atom.